The summed E-state index contributed by atoms with van der Waals surface area (Å²) in [6, 6.07) is 16.6. The Balaban J connectivity index is 0.00000161. The highest BCUT2D eigenvalue weighted by Crippen LogP contribution is 2.16. The van der Waals surface area contributed by atoms with E-state index in [9.17, 15) is 9.90 Å². The highest BCUT2D eigenvalue weighted by atomic mass is 79.9. The van der Waals surface area contributed by atoms with E-state index in [0.717, 1.165) is 10.8 Å². The number of hydrogen-bond donors (Lipinski definition) is 1. The smallest absolute Gasteiger partial charge is 0.231 e. The molecular weight excluding hydrogens is 330 g/mol. The van der Waals surface area contributed by atoms with Gasteiger partial charge in [0.15, 0.2) is 12.4 Å². The fraction of sp³-hybridized carbons (Fsp3) is 0.0588. The molecule has 0 aliphatic carbocycles. The van der Waals surface area contributed by atoms with Crippen molar-refractivity contribution in [2.45, 2.75) is 6.54 Å². The van der Waals surface area contributed by atoms with Crippen molar-refractivity contribution in [3.8, 4) is 5.75 Å². The Morgan fingerprint density at radius 2 is 1.62 bits per heavy atom. The topological polar surface area (TPSA) is 41.2 Å². The lowest BCUT2D eigenvalue weighted by atomic mass is 10.1. The van der Waals surface area contributed by atoms with Crippen molar-refractivity contribution in [2.75, 3.05) is 0 Å². The third-order valence-corrected chi connectivity index (χ3v) is 3.28. The summed E-state index contributed by atoms with van der Waals surface area (Å²) in [5.41, 5.74) is 0.355. The first-order valence-electron chi connectivity index (χ1n) is 6.43. The van der Waals surface area contributed by atoms with Gasteiger partial charge in [-0.15, -0.1) is 17.0 Å². The minimum absolute atomic E-state index is 0. The Hall–Kier alpha value is -2.20. The summed E-state index contributed by atoms with van der Waals surface area (Å²) in [5.74, 6) is -0.0812. The Kier molecular flexibility index (Phi) is 4.70. The molecule has 3 aromatic rings. The molecule has 0 amide bonds. The predicted octanol–water partition coefficient (Wildman–Crippen LogP) is 3.29. The monoisotopic (exact) mass is 344 g/mol. The normalized spacial score (nSPS) is 10.1. The van der Waals surface area contributed by atoms with Gasteiger partial charge < -0.3 is 5.11 Å². The highest BCUT2D eigenvalue weighted by Gasteiger charge is 2.15. The molecule has 0 saturated carbocycles. The molecule has 1 aromatic heterocycles. The Labute approximate surface area is 133 Å². The summed E-state index contributed by atoms with van der Waals surface area (Å²) < 4.78 is 1.83. The van der Waals surface area contributed by atoms with Crippen LogP contribution in [-0.2, 0) is 6.54 Å². The number of para-hydroxylation sites is 1. The molecular formula is C17H15BrNO2+. The van der Waals surface area contributed by atoms with Crippen LogP contribution in [0.25, 0.3) is 10.8 Å². The fourth-order valence-electron chi connectivity index (χ4n) is 2.24. The summed E-state index contributed by atoms with van der Waals surface area (Å²) in [6.45, 7) is 0.211. The maximum absolute atomic E-state index is 12.2. The summed E-state index contributed by atoms with van der Waals surface area (Å²) in [7, 11) is 0. The highest BCUT2D eigenvalue weighted by molar-refractivity contribution is 8.93. The maximum Gasteiger partial charge on any atom is 0.231 e. The fourth-order valence-corrected chi connectivity index (χ4v) is 2.24. The largest absolute Gasteiger partial charge is 0.507 e. The van der Waals surface area contributed by atoms with Crippen LogP contribution < -0.4 is 4.57 Å². The lowest BCUT2D eigenvalue weighted by Gasteiger charge is -2.02. The molecule has 0 unspecified atom stereocenters. The van der Waals surface area contributed by atoms with Gasteiger partial charge in [0.05, 0.1) is 5.56 Å². The van der Waals surface area contributed by atoms with Crippen LogP contribution in [-0.4, -0.2) is 10.9 Å². The van der Waals surface area contributed by atoms with Gasteiger partial charge in [-0.3, -0.25) is 4.79 Å². The second kappa shape index (κ2) is 6.50. The number of hydrogen-bond acceptors (Lipinski definition) is 2. The third kappa shape index (κ3) is 3.28. The van der Waals surface area contributed by atoms with Crippen LogP contribution in [0.15, 0.2) is 67.0 Å². The van der Waals surface area contributed by atoms with Gasteiger partial charge in [-0.25, -0.2) is 0 Å². The summed E-state index contributed by atoms with van der Waals surface area (Å²) in [5, 5.41) is 11.9. The maximum atomic E-state index is 12.2. The van der Waals surface area contributed by atoms with Crippen LogP contribution in [0.2, 0.25) is 0 Å². The number of phenols is 1. The zero-order valence-electron chi connectivity index (χ0n) is 11.3. The van der Waals surface area contributed by atoms with Gasteiger partial charge in [0, 0.05) is 11.5 Å². The minimum Gasteiger partial charge on any atom is -0.507 e. The van der Waals surface area contributed by atoms with E-state index in [-0.39, 0.29) is 35.1 Å². The zero-order chi connectivity index (χ0) is 13.9. The number of fused-ring (bicyclic) bond motifs is 1. The molecule has 0 fully saturated rings. The first kappa shape index (κ1) is 15.2. The Bertz CT molecular complexity index is 786. The van der Waals surface area contributed by atoms with Crippen LogP contribution in [0, 0.1) is 0 Å². The Morgan fingerprint density at radius 3 is 2.38 bits per heavy atom. The molecule has 0 saturated heterocycles. The van der Waals surface area contributed by atoms with Crippen LogP contribution in [0.4, 0.5) is 0 Å². The second-order valence-electron chi connectivity index (χ2n) is 4.69. The molecule has 2 aromatic carbocycles. The van der Waals surface area contributed by atoms with E-state index in [0.29, 0.717) is 5.56 Å². The van der Waals surface area contributed by atoms with Gasteiger partial charge in [0.25, 0.3) is 0 Å². The van der Waals surface area contributed by atoms with E-state index in [1.54, 1.807) is 18.2 Å². The summed E-state index contributed by atoms with van der Waals surface area (Å²) in [6.07, 6.45) is 3.81. The van der Waals surface area contributed by atoms with Gasteiger partial charge >= 0.3 is 0 Å². The number of carbonyl (C=O) groups is 1. The molecule has 4 heteroatoms. The van der Waals surface area contributed by atoms with Crippen LogP contribution in [0.1, 0.15) is 10.4 Å². The van der Waals surface area contributed by atoms with Crippen molar-refractivity contribution in [2.24, 2.45) is 0 Å². The first-order chi connectivity index (χ1) is 9.74. The van der Waals surface area contributed by atoms with Crippen molar-refractivity contribution in [3.05, 3.63) is 72.6 Å². The molecule has 0 atom stereocenters. The van der Waals surface area contributed by atoms with Crippen LogP contribution in [0.5, 0.6) is 5.75 Å². The van der Waals surface area contributed by atoms with E-state index in [2.05, 4.69) is 0 Å². The number of phenolic OH excluding ortho intramolecular Hbond substituents is 1. The van der Waals surface area contributed by atoms with E-state index >= 15 is 0 Å². The van der Waals surface area contributed by atoms with Gasteiger partial charge in [-0.2, -0.15) is 4.57 Å². The van der Waals surface area contributed by atoms with Crippen molar-refractivity contribution in [3.63, 3.8) is 0 Å². The van der Waals surface area contributed by atoms with Crippen molar-refractivity contribution in [1.82, 2.24) is 0 Å². The number of aromatic hydroxyl groups is 1. The quantitative estimate of drug-likeness (QED) is 0.585. The van der Waals surface area contributed by atoms with Crippen molar-refractivity contribution >= 4 is 33.5 Å². The molecule has 0 spiro atoms. The molecule has 0 aliphatic heterocycles. The van der Waals surface area contributed by atoms with E-state index in [1.165, 1.54) is 6.07 Å². The van der Waals surface area contributed by atoms with Crippen LogP contribution in [0.3, 0.4) is 0 Å². The molecule has 3 rings (SSSR count). The third-order valence-electron chi connectivity index (χ3n) is 3.28. The van der Waals surface area contributed by atoms with Gasteiger partial charge in [0.1, 0.15) is 5.75 Å². The molecule has 21 heavy (non-hydrogen) atoms. The lowest BCUT2D eigenvalue weighted by molar-refractivity contribution is -0.681. The molecule has 106 valence electrons. The van der Waals surface area contributed by atoms with Gasteiger partial charge in [-0.1, -0.05) is 30.3 Å². The number of halogens is 1. The molecule has 0 radical (unpaired) electrons. The number of nitrogens with zero attached hydrogens (tertiary/aromatic N) is 1. The summed E-state index contributed by atoms with van der Waals surface area (Å²) in [4.78, 5) is 12.2. The van der Waals surface area contributed by atoms with Crippen LogP contribution >= 0.6 is 17.0 Å². The molecule has 1 heterocycles. The van der Waals surface area contributed by atoms with Crippen molar-refractivity contribution < 1.29 is 14.5 Å². The number of ketones is 1. The van der Waals surface area contributed by atoms with Crippen molar-refractivity contribution in [1.29, 1.82) is 0 Å². The minimum atomic E-state index is -0.108. The second-order valence-corrected chi connectivity index (χ2v) is 4.69. The number of aromatic nitrogens is 1. The number of Topliss-reactive ketones (excluding diaryl/α,β-unsaturated/α-hetero) is 1. The van der Waals surface area contributed by atoms with E-state index < -0.39 is 0 Å². The lowest BCUT2D eigenvalue weighted by Crippen LogP contribution is -2.37. The molecule has 0 bridgehead atoms. The average Bonchev–Trinajstić information content (AvgIpc) is 2.47. The average molecular weight is 345 g/mol. The van der Waals surface area contributed by atoms with E-state index in [1.807, 2.05) is 47.3 Å². The zero-order valence-corrected chi connectivity index (χ0v) is 13.0. The van der Waals surface area contributed by atoms with Gasteiger partial charge in [0.2, 0.25) is 12.3 Å². The number of carbonyl (C=O) groups excluding carboxylic acids is 1. The number of pyridine rings is 1. The molecule has 3 nitrogen and oxygen atoms in total. The first-order valence-corrected chi connectivity index (χ1v) is 6.43. The number of rotatable bonds is 3. The molecule has 0 aliphatic rings. The predicted molar refractivity (Wildman–Crippen MR) is 86.9 cm³/mol. The number of benzene rings is 2. The summed E-state index contributed by atoms with van der Waals surface area (Å²) >= 11 is 0. The van der Waals surface area contributed by atoms with Gasteiger partial charge in [-0.05, 0) is 23.6 Å². The SMILES string of the molecule is Br.O=C(C[n+]1ccc2ccccc2c1)c1ccccc1O. The molecule has 1 N–H and O–H groups in total. The van der Waals surface area contributed by atoms with E-state index in [4.69, 9.17) is 0 Å². The Morgan fingerprint density at radius 1 is 0.952 bits per heavy atom. The standard InChI is InChI=1S/C17H13NO2.BrH/c19-16-8-4-3-7-15(16)17(20)12-18-10-9-13-5-1-2-6-14(13)11-18;/h1-11H,12H2;1H/p+1.